The van der Waals surface area contributed by atoms with Gasteiger partial charge in [-0.1, -0.05) is 20.3 Å². The zero-order chi connectivity index (χ0) is 9.68. The highest BCUT2D eigenvalue weighted by atomic mass is 16.3. The largest absolute Gasteiger partial charge is 0.300 e. The second-order valence-corrected chi connectivity index (χ2v) is 4.40. The number of rotatable bonds is 4. The van der Waals surface area contributed by atoms with Crippen LogP contribution in [-0.2, 0) is 5.11 Å². The Hall–Kier alpha value is -0.0800. The van der Waals surface area contributed by atoms with Crippen LogP contribution in [0, 0.1) is 5.92 Å². The van der Waals surface area contributed by atoms with E-state index in [-0.39, 0.29) is 6.61 Å². The van der Waals surface area contributed by atoms with Crippen LogP contribution in [0.3, 0.4) is 0 Å². The lowest BCUT2D eigenvalue weighted by Crippen LogP contribution is -2.43. The number of nitrogens with zero attached hydrogens (tertiary/aromatic N) is 1. The minimum atomic E-state index is 0.0846. The van der Waals surface area contributed by atoms with Crippen LogP contribution in [0.25, 0.3) is 0 Å². The third-order valence-electron chi connectivity index (χ3n) is 3.02. The second kappa shape index (κ2) is 5.61. The monoisotopic (exact) mass is 184 g/mol. The molecule has 0 bridgehead atoms. The molecule has 1 radical (unpaired) electrons. The molecule has 1 atom stereocenters. The van der Waals surface area contributed by atoms with Crippen LogP contribution in [0.1, 0.15) is 39.5 Å². The molecular formula is C11H22NO. The number of hydrogen-bond donors (Lipinski definition) is 0. The van der Waals surface area contributed by atoms with Gasteiger partial charge in [-0.25, -0.2) is 5.11 Å². The van der Waals surface area contributed by atoms with Gasteiger partial charge >= 0.3 is 0 Å². The van der Waals surface area contributed by atoms with E-state index < -0.39 is 0 Å². The summed E-state index contributed by atoms with van der Waals surface area (Å²) in [5.41, 5.74) is 0. The van der Waals surface area contributed by atoms with Crippen molar-refractivity contribution in [2.75, 3.05) is 19.7 Å². The van der Waals surface area contributed by atoms with Crippen LogP contribution in [0.2, 0.25) is 0 Å². The van der Waals surface area contributed by atoms with E-state index in [1.807, 2.05) is 0 Å². The van der Waals surface area contributed by atoms with Crippen molar-refractivity contribution in [3.05, 3.63) is 0 Å². The third-order valence-corrected chi connectivity index (χ3v) is 3.02. The minimum absolute atomic E-state index is 0.0846. The molecule has 0 amide bonds. The van der Waals surface area contributed by atoms with Crippen molar-refractivity contribution >= 4 is 0 Å². The van der Waals surface area contributed by atoms with Crippen molar-refractivity contribution in [2.45, 2.75) is 45.6 Å². The third kappa shape index (κ3) is 3.28. The van der Waals surface area contributed by atoms with Gasteiger partial charge in [-0.15, -0.1) is 0 Å². The lowest BCUT2D eigenvalue weighted by atomic mass is 9.93. The molecule has 77 valence electrons. The highest BCUT2D eigenvalue weighted by Crippen LogP contribution is 2.22. The number of hydrogen-bond acceptors (Lipinski definition) is 1. The van der Waals surface area contributed by atoms with E-state index in [9.17, 15) is 5.11 Å². The summed E-state index contributed by atoms with van der Waals surface area (Å²) >= 11 is 0. The van der Waals surface area contributed by atoms with Crippen LogP contribution in [0.5, 0.6) is 0 Å². The van der Waals surface area contributed by atoms with Gasteiger partial charge in [-0.2, -0.15) is 0 Å². The molecule has 1 rings (SSSR count). The van der Waals surface area contributed by atoms with Crippen molar-refractivity contribution < 1.29 is 5.11 Å². The molecule has 1 heterocycles. The first kappa shape index (κ1) is 11.0. The van der Waals surface area contributed by atoms with E-state index in [1.54, 1.807) is 0 Å². The molecule has 0 aromatic heterocycles. The van der Waals surface area contributed by atoms with E-state index in [2.05, 4.69) is 18.7 Å². The summed E-state index contributed by atoms with van der Waals surface area (Å²) in [6, 6.07) is 0.736. The Morgan fingerprint density at radius 2 is 2.15 bits per heavy atom. The van der Waals surface area contributed by atoms with E-state index in [1.165, 1.54) is 25.8 Å². The first-order valence-electron chi connectivity index (χ1n) is 5.58. The average molecular weight is 184 g/mol. The standard InChI is InChI=1S/C11H22NO/c1-10(2)11-6-3-4-7-12(11)8-5-9-13/h10-11H,3-9H2,1-2H3. The van der Waals surface area contributed by atoms with Crippen molar-refractivity contribution in [3.8, 4) is 0 Å². The fraction of sp³-hybridized carbons (Fsp3) is 1.00. The Balaban J connectivity index is 2.37. The SMILES string of the molecule is CC(C)C1CCCCN1CCC[O]. The van der Waals surface area contributed by atoms with E-state index >= 15 is 0 Å². The Kier molecular flexibility index (Phi) is 4.74. The van der Waals surface area contributed by atoms with Crippen LogP contribution < -0.4 is 0 Å². The maximum Gasteiger partial charge on any atom is 0.0834 e. The molecule has 0 aromatic carbocycles. The molecule has 1 fully saturated rings. The Bertz CT molecular complexity index is 136. The Labute approximate surface area is 81.9 Å². The summed E-state index contributed by atoms with van der Waals surface area (Å²) < 4.78 is 0. The number of piperidine rings is 1. The van der Waals surface area contributed by atoms with Gasteiger partial charge in [0.1, 0.15) is 0 Å². The first-order chi connectivity index (χ1) is 6.25. The predicted octanol–water partition coefficient (Wildman–Crippen LogP) is 2.32. The molecule has 1 saturated heterocycles. The second-order valence-electron chi connectivity index (χ2n) is 4.40. The molecule has 0 aromatic rings. The molecule has 1 unspecified atom stereocenters. The smallest absolute Gasteiger partial charge is 0.0834 e. The lowest BCUT2D eigenvalue weighted by Gasteiger charge is -2.38. The van der Waals surface area contributed by atoms with Gasteiger partial charge < -0.3 is 4.90 Å². The fourth-order valence-electron chi connectivity index (χ4n) is 2.32. The number of likely N-dealkylation sites (tertiary alicyclic amines) is 1. The highest BCUT2D eigenvalue weighted by Gasteiger charge is 2.23. The zero-order valence-electron chi connectivity index (χ0n) is 8.96. The maximum absolute atomic E-state index is 10.4. The topological polar surface area (TPSA) is 23.1 Å². The summed E-state index contributed by atoms with van der Waals surface area (Å²) in [4.78, 5) is 2.52. The summed E-state index contributed by atoms with van der Waals surface area (Å²) in [6.07, 6.45) is 4.85. The van der Waals surface area contributed by atoms with Gasteiger partial charge in [0.25, 0.3) is 0 Å². The normalized spacial score (nSPS) is 25.4. The lowest BCUT2D eigenvalue weighted by molar-refractivity contribution is 0.0936. The molecule has 0 N–H and O–H groups in total. The molecule has 0 saturated carbocycles. The van der Waals surface area contributed by atoms with Crippen LogP contribution in [0.15, 0.2) is 0 Å². The van der Waals surface area contributed by atoms with Gasteiger partial charge in [-0.3, -0.25) is 0 Å². The first-order valence-corrected chi connectivity index (χ1v) is 5.58. The quantitative estimate of drug-likeness (QED) is 0.657. The molecule has 2 heteroatoms. The summed E-state index contributed by atoms with van der Waals surface area (Å²) in [5, 5.41) is 10.4. The predicted molar refractivity (Wildman–Crippen MR) is 54.2 cm³/mol. The minimum Gasteiger partial charge on any atom is -0.300 e. The van der Waals surface area contributed by atoms with E-state index in [0.29, 0.717) is 0 Å². The zero-order valence-corrected chi connectivity index (χ0v) is 8.96. The van der Waals surface area contributed by atoms with Gasteiger partial charge in [-0.05, 0) is 31.7 Å². The van der Waals surface area contributed by atoms with Gasteiger partial charge in [0.05, 0.1) is 6.61 Å². The van der Waals surface area contributed by atoms with Crippen molar-refractivity contribution in [3.63, 3.8) is 0 Å². The van der Waals surface area contributed by atoms with E-state index in [4.69, 9.17) is 0 Å². The maximum atomic E-state index is 10.4. The molecular weight excluding hydrogens is 162 g/mol. The molecule has 0 aliphatic carbocycles. The molecule has 1 aliphatic rings. The van der Waals surface area contributed by atoms with Gasteiger partial charge in [0.15, 0.2) is 0 Å². The van der Waals surface area contributed by atoms with Gasteiger partial charge in [0, 0.05) is 12.6 Å². The van der Waals surface area contributed by atoms with Crippen LogP contribution >= 0.6 is 0 Å². The average Bonchev–Trinajstić information content (AvgIpc) is 2.15. The Morgan fingerprint density at radius 3 is 2.77 bits per heavy atom. The van der Waals surface area contributed by atoms with E-state index in [0.717, 1.165) is 24.9 Å². The summed E-state index contributed by atoms with van der Waals surface area (Å²) in [6.45, 7) is 6.90. The Morgan fingerprint density at radius 1 is 1.38 bits per heavy atom. The van der Waals surface area contributed by atoms with Crippen molar-refractivity contribution in [1.82, 2.24) is 4.90 Å². The summed E-state index contributed by atoms with van der Waals surface area (Å²) in [5.74, 6) is 0.743. The van der Waals surface area contributed by atoms with Crippen LogP contribution in [0.4, 0.5) is 0 Å². The highest BCUT2D eigenvalue weighted by molar-refractivity contribution is 4.78. The molecule has 2 nitrogen and oxygen atoms in total. The molecule has 0 spiro atoms. The summed E-state index contributed by atoms with van der Waals surface area (Å²) in [7, 11) is 0. The van der Waals surface area contributed by atoms with Crippen LogP contribution in [-0.4, -0.2) is 30.6 Å². The van der Waals surface area contributed by atoms with Gasteiger partial charge in [0.2, 0.25) is 0 Å². The molecule has 1 aliphatic heterocycles. The molecule has 13 heavy (non-hydrogen) atoms. The fourth-order valence-corrected chi connectivity index (χ4v) is 2.32. The van der Waals surface area contributed by atoms with Crippen molar-refractivity contribution in [2.24, 2.45) is 5.92 Å². The van der Waals surface area contributed by atoms with Crippen molar-refractivity contribution in [1.29, 1.82) is 0 Å².